The van der Waals surface area contributed by atoms with Crippen molar-refractivity contribution in [2.24, 2.45) is 0 Å². The van der Waals surface area contributed by atoms with Crippen molar-refractivity contribution >= 4 is 23.6 Å². The molecule has 3 heterocycles. The molecule has 0 unspecified atom stereocenters. The number of piperazine rings is 1. The smallest absolute Gasteiger partial charge is 0.289 e. The molecule has 4 amide bonds. The number of carbonyl (C=O) groups is 4. The highest BCUT2D eigenvalue weighted by atomic mass is 16.3. The summed E-state index contributed by atoms with van der Waals surface area (Å²) in [6.07, 6.45) is 1.44. The third-order valence-corrected chi connectivity index (χ3v) is 4.82. The van der Waals surface area contributed by atoms with Gasteiger partial charge in [0, 0.05) is 26.2 Å². The maximum absolute atomic E-state index is 12.6. The molecule has 1 aromatic carbocycles. The number of carbonyl (C=O) groups excluding carboxylic acids is 4. The maximum atomic E-state index is 12.6. The molecule has 0 aliphatic carbocycles. The lowest BCUT2D eigenvalue weighted by Gasteiger charge is -2.34. The van der Waals surface area contributed by atoms with Gasteiger partial charge in [-0.1, -0.05) is 12.1 Å². The van der Waals surface area contributed by atoms with Crippen LogP contribution in [0.1, 0.15) is 31.3 Å². The highest BCUT2D eigenvalue weighted by Crippen LogP contribution is 2.22. The fourth-order valence-corrected chi connectivity index (χ4v) is 3.33. The van der Waals surface area contributed by atoms with Crippen LogP contribution in [0, 0.1) is 0 Å². The molecule has 4 rings (SSSR count). The number of nitrogens with zero attached hydrogens (tertiary/aromatic N) is 3. The molecule has 0 saturated carbocycles. The SMILES string of the molecule is O=C(CN1C(=O)c2ccccc2C1=O)N1CCN(C(=O)c2ccco2)CC1. The van der Waals surface area contributed by atoms with Gasteiger partial charge in [-0.2, -0.15) is 0 Å². The van der Waals surface area contributed by atoms with Crippen molar-refractivity contribution < 1.29 is 23.6 Å². The average molecular weight is 367 g/mol. The first-order chi connectivity index (χ1) is 13.1. The van der Waals surface area contributed by atoms with Crippen LogP contribution >= 0.6 is 0 Å². The predicted molar refractivity (Wildman–Crippen MR) is 93.0 cm³/mol. The zero-order chi connectivity index (χ0) is 19.0. The van der Waals surface area contributed by atoms with E-state index in [-0.39, 0.29) is 24.1 Å². The summed E-state index contributed by atoms with van der Waals surface area (Å²) in [5.41, 5.74) is 0.647. The van der Waals surface area contributed by atoms with Crippen LogP contribution in [0.2, 0.25) is 0 Å². The van der Waals surface area contributed by atoms with Crippen molar-refractivity contribution in [3.05, 3.63) is 59.5 Å². The standard InChI is InChI=1S/C19H17N3O5/c23-16(12-22-17(24)13-4-1-2-5-14(13)18(22)25)20-7-9-21(10-8-20)19(26)15-6-3-11-27-15/h1-6,11H,7-10,12H2. The lowest BCUT2D eigenvalue weighted by Crippen LogP contribution is -2.53. The number of furan rings is 1. The van der Waals surface area contributed by atoms with E-state index in [0.717, 1.165) is 4.90 Å². The molecule has 0 N–H and O–H groups in total. The Balaban J connectivity index is 1.36. The number of imide groups is 1. The van der Waals surface area contributed by atoms with Crippen LogP contribution in [0.25, 0.3) is 0 Å². The molecular weight excluding hydrogens is 350 g/mol. The van der Waals surface area contributed by atoms with E-state index in [1.54, 1.807) is 46.2 Å². The third-order valence-electron chi connectivity index (χ3n) is 4.82. The van der Waals surface area contributed by atoms with Gasteiger partial charge in [-0.15, -0.1) is 0 Å². The highest BCUT2D eigenvalue weighted by molar-refractivity contribution is 6.22. The van der Waals surface area contributed by atoms with E-state index in [4.69, 9.17) is 4.42 Å². The molecule has 1 fully saturated rings. The van der Waals surface area contributed by atoms with Gasteiger partial charge >= 0.3 is 0 Å². The van der Waals surface area contributed by atoms with Gasteiger partial charge in [0.2, 0.25) is 5.91 Å². The maximum Gasteiger partial charge on any atom is 0.289 e. The summed E-state index contributed by atoms with van der Waals surface area (Å²) in [5, 5.41) is 0. The van der Waals surface area contributed by atoms with E-state index in [9.17, 15) is 19.2 Å². The molecule has 0 radical (unpaired) electrons. The van der Waals surface area contributed by atoms with Crippen molar-refractivity contribution in [1.82, 2.24) is 14.7 Å². The molecule has 2 aromatic rings. The zero-order valence-electron chi connectivity index (χ0n) is 14.5. The average Bonchev–Trinajstić information content (AvgIpc) is 3.32. The molecule has 27 heavy (non-hydrogen) atoms. The summed E-state index contributed by atoms with van der Waals surface area (Å²) < 4.78 is 5.11. The summed E-state index contributed by atoms with van der Waals surface area (Å²) in [4.78, 5) is 53.7. The fraction of sp³-hybridized carbons (Fsp3) is 0.263. The van der Waals surface area contributed by atoms with Crippen LogP contribution < -0.4 is 0 Å². The van der Waals surface area contributed by atoms with E-state index < -0.39 is 11.8 Å². The lowest BCUT2D eigenvalue weighted by molar-refractivity contribution is -0.132. The molecular formula is C19H17N3O5. The fourth-order valence-electron chi connectivity index (χ4n) is 3.33. The second kappa shape index (κ2) is 6.71. The molecule has 1 saturated heterocycles. The number of rotatable bonds is 3. The van der Waals surface area contributed by atoms with E-state index in [1.165, 1.54) is 6.26 Å². The second-order valence-electron chi connectivity index (χ2n) is 6.39. The number of amides is 4. The van der Waals surface area contributed by atoms with Crippen LogP contribution in [0.15, 0.2) is 47.1 Å². The first-order valence-corrected chi connectivity index (χ1v) is 8.62. The number of fused-ring (bicyclic) bond motifs is 1. The van der Waals surface area contributed by atoms with Crippen molar-refractivity contribution in [2.45, 2.75) is 0 Å². The Bertz CT molecular complexity index is 878. The monoisotopic (exact) mass is 367 g/mol. The molecule has 2 aliphatic rings. The molecule has 0 atom stereocenters. The minimum Gasteiger partial charge on any atom is -0.459 e. The minimum absolute atomic E-state index is 0.215. The van der Waals surface area contributed by atoms with Crippen molar-refractivity contribution in [3.63, 3.8) is 0 Å². The second-order valence-corrected chi connectivity index (χ2v) is 6.39. The Morgan fingerprint density at radius 3 is 2.00 bits per heavy atom. The topological polar surface area (TPSA) is 91.1 Å². The first-order valence-electron chi connectivity index (χ1n) is 8.62. The number of hydrogen-bond donors (Lipinski definition) is 0. The van der Waals surface area contributed by atoms with Gasteiger partial charge in [-0.05, 0) is 24.3 Å². The summed E-state index contributed by atoms with van der Waals surface area (Å²) in [6.45, 7) is 1.13. The van der Waals surface area contributed by atoms with Gasteiger partial charge in [0.1, 0.15) is 6.54 Å². The van der Waals surface area contributed by atoms with Crippen LogP contribution in [0.3, 0.4) is 0 Å². The first kappa shape index (κ1) is 17.0. The van der Waals surface area contributed by atoms with E-state index in [1.807, 2.05) is 0 Å². The Hall–Kier alpha value is -3.42. The lowest BCUT2D eigenvalue weighted by atomic mass is 10.1. The molecule has 8 nitrogen and oxygen atoms in total. The Morgan fingerprint density at radius 2 is 1.44 bits per heavy atom. The molecule has 8 heteroatoms. The van der Waals surface area contributed by atoms with Gasteiger partial charge in [0.15, 0.2) is 5.76 Å². The van der Waals surface area contributed by atoms with Gasteiger partial charge in [0.25, 0.3) is 17.7 Å². The molecule has 2 aliphatic heterocycles. The van der Waals surface area contributed by atoms with Crippen LogP contribution in [-0.2, 0) is 4.79 Å². The van der Waals surface area contributed by atoms with Crippen LogP contribution in [-0.4, -0.2) is 71.1 Å². The van der Waals surface area contributed by atoms with Gasteiger partial charge < -0.3 is 14.2 Å². The number of hydrogen-bond acceptors (Lipinski definition) is 5. The summed E-state index contributed by atoms with van der Waals surface area (Å²) in [7, 11) is 0. The molecule has 0 bridgehead atoms. The van der Waals surface area contributed by atoms with Crippen molar-refractivity contribution in [1.29, 1.82) is 0 Å². The van der Waals surface area contributed by atoms with Crippen LogP contribution in [0.4, 0.5) is 0 Å². The Morgan fingerprint density at radius 1 is 0.852 bits per heavy atom. The number of benzene rings is 1. The van der Waals surface area contributed by atoms with Crippen LogP contribution in [0.5, 0.6) is 0 Å². The molecule has 0 spiro atoms. The van der Waals surface area contributed by atoms with Gasteiger partial charge in [0.05, 0.1) is 17.4 Å². The van der Waals surface area contributed by atoms with Gasteiger partial charge in [-0.25, -0.2) is 0 Å². The largest absolute Gasteiger partial charge is 0.459 e. The molecule has 1 aromatic heterocycles. The normalized spacial score (nSPS) is 16.7. The van der Waals surface area contributed by atoms with Crippen molar-refractivity contribution in [2.75, 3.05) is 32.7 Å². The Labute approximate surface area is 154 Å². The van der Waals surface area contributed by atoms with E-state index in [0.29, 0.717) is 37.3 Å². The quantitative estimate of drug-likeness (QED) is 0.751. The van der Waals surface area contributed by atoms with E-state index in [2.05, 4.69) is 0 Å². The minimum atomic E-state index is -0.449. The third kappa shape index (κ3) is 2.99. The summed E-state index contributed by atoms with van der Waals surface area (Å²) in [5.74, 6) is -1.16. The molecule has 138 valence electrons. The summed E-state index contributed by atoms with van der Waals surface area (Å²) in [6, 6.07) is 9.78. The van der Waals surface area contributed by atoms with Crippen molar-refractivity contribution in [3.8, 4) is 0 Å². The van der Waals surface area contributed by atoms with Gasteiger partial charge in [-0.3, -0.25) is 24.1 Å². The Kier molecular flexibility index (Phi) is 4.23. The highest BCUT2D eigenvalue weighted by Gasteiger charge is 2.37. The van der Waals surface area contributed by atoms with E-state index >= 15 is 0 Å². The predicted octanol–water partition coefficient (Wildman–Crippen LogP) is 0.860. The zero-order valence-corrected chi connectivity index (χ0v) is 14.5. The summed E-state index contributed by atoms with van der Waals surface area (Å²) >= 11 is 0.